The molecule has 0 fully saturated rings. The van der Waals surface area contributed by atoms with Crippen molar-refractivity contribution in [1.82, 2.24) is 14.3 Å². The van der Waals surface area contributed by atoms with Crippen LogP contribution in [0.2, 0.25) is 0 Å². The standard InChI is InChI=1S/C18H18N4O2S/c1-25-15-13-19-22(14-7-3-2-4-8-14)18(15)20-16(23)10-12-21-11-6-5-9-17(21)24/h2-9,11,13H,10,12H2,1H3,(H,20,23). The number of aryl methyl sites for hydroxylation is 1. The molecular weight excluding hydrogens is 336 g/mol. The molecule has 0 saturated carbocycles. The maximum atomic E-state index is 12.4. The maximum Gasteiger partial charge on any atom is 0.250 e. The number of carbonyl (C=O) groups excluding carboxylic acids is 1. The number of nitrogens with zero attached hydrogens (tertiary/aromatic N) is 3. The van der Waals surface area contributed by atoms with Crippen LogP contribution in [0, 0.1) is 0 Å². The Morgan fingerprint density at radius 2 is 1.92 bits per heavy atom. The molecule has 0 spiro atoms. The molecule has 0 aliphatic rings. The third-order valence-corrected chi connectivity index (χ3v) is 4.43. The monoisotopic (exact) mass is 354 g/mol. The first-order valence-corrected chi connectivity index (χ1v) is 9.04. The van der Waals surface area contributed by atoms with Gasteiger partial charge in [-0.15, -0.1) is 11.8 Å². The number of benzene rings is 1. The van der Waals surface area contributed by atoms with E-state index in [1.165, 1.54) is 22.4 Å². The fraction of sp³-hybridized carbons (Fsp3) is 0.167. The summed E-state index contributed by atoms with van der Waals surface area (Å²) in [6.45, 7) is 0.333. The lowest BCUT2D eigenvalue weighted by Gasteiger charge is -2.11. The molecule has 0 aliphatic heterocycles. The minimum atomic E-state index is -0.163. The fourth-order valence-corrected chi connectivity index (χ4v) is 2.91. The van der Waals surface area contributed by atoms with Crippen LogP contribution in [0.5, 0.6) is 0 Å². The molecule has 7 heteroatoms. The Hall–Kier alpha value is -2.80. The molecule has 1 N–H and O–H groups in total. The summed E-state index contributed by atoms with van der Waals surface area (Å²) in [6, 6.07) is 14.6. The van der Waals surface area contributed by atoms with Gasteiger partial charge in [-0.2, -0.15) is 5.10 Å². The molecule has 1 amide bonds. The number of hydrogen-bond acceptors (Lipinski definition) is 4. The SMILES string of the molecule is CSc1cnn(-c2ccccc2)c1NC(=O)CCn1ccccc1=O. The number of anilines is 1. The molecule has 0 saturated heterocycles. The first-order chi connectivity index (χ1) is 12.2. The summed E-state index contributed by atoms with van der Waals surface area (Å²) in [5.41, 5.74) is 0.756. The van der Waals surface area contributed by atoms with Crippen LogP contribution < -0.4 is 10.9 Å². The lowest BCUT2D eigenvalue weighted by atomic mass is 10.3. The van der Waals surface area contributed by atoms with Gasteiger partial charge in [-0.05, 0) is 24.5 Å². The maximum absolute atomic E-state index is 12.4. The molecule has 0 bridgehead atoms. The van der Waals surface area contributed by atoms with Crippen LogP contribution in [0.1, 0.15) is 6.42 Å². The van der Waals surface area contributed by atoms with E-state index in [0.717, 1.165) is 10.6 Å². The Balaban J connectivity index is 1.76. The molecule has 0 radical (unpaired) electrons. The smallest absolute Gasteiger partial charge is 0.250 e. The molecular formula is C18H18N4O2S. The first kappa shape index (κ1) is 17.0. The van der Waals surface area contributed by atoms with Crippen LogP contribution in [0.3, 0.4) is 0 Å². The Morgan fingerprint density at radius 1 is 1.16 bits per heavy atom. The van der Waals surface area contributed by atoms with Gasteiger partial charge < -0.3 is 9.88 Å². The second kappa shape index (κ2) is 7.85. The zero-order valence-electron chi connectivity index (χ0n) is 13.8. The van der Waals surface area contributed by atoms with Gasteiger partial charge in [-0.1, -0.05) is 24.3 Å². The van der Waals surface area contributed by atoms with Gasteiger partial charge in [0.1, 0.15) is 5.82 Å². The molecule has 2 heterocycles. The predicted molar refractivity (Wildman–Crippen MR) is 99.3 cm³/mol. The Kier molecular flexibility index (Phi) is 5.35. The topological polar surface area (TPSA) is 68.9 Å². The number of nitrogens with one attached hydrogen (secondary N) is 1. The highest BCUT2D eigenvalue weighted by Gasteiger charge is 2.14. The van der Waals surface area contributed by atoms with Crippen LogP contribution >= 0.6 is 11.8 Å². The molecule has 2 aromatic heterocycles. The molecule has 0 atom stereocenters. The van der Waals surface area contributed by atoms with E-state index in [9.17, 15) is 9.59 Å². The van der Waals surface area contributed by atoms with Gasteiger partial charge in [0.05, 0.1) is 16.8 Å². The van der Waals surface area contributed by atoms with Gasteiger partial charge in [0, 0.05) is 25.2 Å². The minimum absolute atomic E-state index is 0.116. The number of para-hydroxylation sites is 1. The van der Waals surface area contributed by atoms with Crippen LogP contribution in [0.25, 0.3) is 5.69 Å². The lowest BCUT2D eigenvalue weighted by Crippen LogP contribution is -2.22. The van der Waals surface area contributed by atoms with Crippen molar-refractivity contribution < 1.29 is 4.79 Å². The Labute approximate surface area is 149 Å². The molecule has 0 aliphatic carbocycles. The number of carbonyl (C=O) groups is 1. The van der Waals surface area contributed by atoms with Gasteiger partial charge in [0.25, 0.3) is 5.56 Å². The van der Waals surface area contributed by atoms with E-state index in [0.29, 0.717) is 12.4 Å². The van der Waals surface area contributed by atoms with Crippen LogP contribution in [0.15, 0.2) is 70.6 Å². The number of aromatic nitrogens is 3. The zero-order chi connectivity index (χ0) is 17.6. The summed E-state index contributed by atoms with van der Waals surface area (Å²) in [4.78, 5) is 25.0. The normalized spacial score (nSPS) is 10.6. The quantitative estimate of drug-likeness (QED) is 0.691. The highest BCUT2D eigenvalue weighted by atomic mass is 32.2. The molecule has 128 valence electrons. The van der Waals surface area contributed by atoms with Crippen molar-refractivity contribution in [2.45, 2.75) is 17.9 Å². The third kappa shape index (κ3) is 4.00. The van der Waals surface area contributed by atoms with E-state index >= 15 is 0 Å². The van der Waals surface area contributed by atoms with Crippen molar-refractivity contribution in [2.75, 3.05) is 11.6 Å². The van der Waals surface area contributed by atoms with Crippen molar-refractivity contribution in [1.29, 1.82) is 0 Å². The fourth-order valence-electron chi connectivity index (χ4n) is 2.42. The Bertz CT molecular complexity index is 918. The zero-order valence-corrected chi connectivity index (χ0v) is 14.6. The van der Waals surface area contributed by atoms with Crippen LogP contribution in [-0.4, -0.2) is 26.5 Å². The first-order valence-electron chi connectivity index (χ1n) is 7.82. The molecule has 25 heavy (non-hydrogen) atoms. The summed E-state index contributed by atoms with van der Waals surface area (Å²) in [7, 11) is 0. The van der Waals surface area contributed by atoms with Gasteiger partial charge >= 0.3 is 0 Å². The van der Waals surface area contributed by atoms with Crippen LogP contribution in [0.4, 0.5) is 5.82 Å². The van der Waals surface area contributed by atoms with Gasteiger partial charge in [0.15, 0.2) is 0 Å². The van der Waals surface area contributed by atoms with E-state index in [-0.39, 0.29) is 17.9 Å². The number of hydrogen-bond donors (Lipinski definition) is 1. The van der Waals surface area contributed by atoms with E-state index in [1.807, 2.05) is 36.6 Å². The van der Waals surface area contributed by atoms with Crippen molar-refractivity contribution in [3.05, 3.63) is 71.3 Å². The highest BCUT2D eigenvalue weighted by molar-refractivity contribution is 7.98. The summed E-state index contributed by atoms with van der Waals surface area (Å²) in [5.74, 6) is 0.479. The predicted octanol–water partition coefficient (Wildman–Crippen LogP) is 2.78. The van der Waals surface area contributed by atoms with Crippen molar-refractivity contribution in [3.63, 3.8) is 0 Å². The average molecular weight is 354 g/mol. The third-order valence-electron chi connectivity index (χ3n) is 3.69. The molecule has 1 aromatic carbocycles. The van der Waals surface area contributed by atoms with Crippen LogP contribution in [-0.2, 0) is 11.3 Å². The molecule has 0 unspecified atom stereocenters. The van der Waals surface area contributed by atoms with Crippen molar-refractivity contribution in [2.24, 2.45) is 0 Å². The molecule has 3 rings (SSSR count). The van der Waals surface area contributed by atoms with E-state index in [1.54, 1.807) is 29.2 Å². The number of amides is 1. The summed E-state index contributed by atoms with van der Waals surface area (Å²) < 4.78 is 3.22. The largest absolute Gasteiger partial charge is 0.315 e. The van der Waals surface area contributed by atoms with Gasteiger partial charge in [0.2, 0.25) is 5.91 Å². The second-order valence-electron chi connectivity index (χ2n) is 5.34. The highest BCUT2D eigenvalue weighted by Crippen LogP contribution is 2.27. The second-order valence-corrected chi connectivity index (χ2v) is 6.19. The van der Waals surface area contributed by atoms with E-state index in [2.05, 4.69) is 10.4 Å². The number of thioether (sulfide) groups is 1. The summed E-state index contributed by atoms with van der Waals surface area (Å²) in [5, 5.41) is 7.29. The van der Waals surface area contributed by atoms with E-state index < -0.39 is 0 Å². The van der Waals surface area contributed by atoms with Crippen molar-refractivity contribution >= 4 is 23.5 Å². The summed E-state index contributed by atoms with van der Waals surface area (Å²) in [6.07, 6.45) is 5.55. The number of rotatable bonds is 6. The Morgan fingerprint density at radius 3 is 2.64 bits per heavy atom. The minimum Gasteiger partial charge on any atom is -0.315 e. The number of pyridine rings is 1. The lowest BCUT2D eigenvalue weighted by molar-refractivity contribution is -0.116. The van der Waals surface area contributed by atoms with Crippen molar-refractivity contribution in [3.8, 4) is 5.69 Å². The van der Waals surface area contributed by atoms with Gasteiger partial charge in [-0.3, -0.25) is 9.59 Å². The molecule has 6 nitrogen and oxygen atoms in total. The average Bonchev–Trinajstić information content (AvgIpc) is 3.04. The molecule has 3 aromatic rings. The van der Waals surface area contributed by atoms with Gasteiger partial charge in [-0.25, -0.2) is 4.68 Å². The summed E-state index contributed by atoms with van der Waals surface area (Å²) >= 11 is 1.52. The van der Waals surface area contributed by atoms with E-state index in [4.69, 9.17) is 0 Å².